The number of benzene rings is 1. The molecule has 2 N–H and O–H groups in total. The fourth-order valence-electron chi connectivity index (χ4n) is 1.67. The van der Waals surface area contributed by atoms with Crippen LogP contribution in [-0.2, 0) is 10.0 Å². The summed E-state index contributed by atoms with van der Waals surface area (Å²) in [6, 6.07) is 9.28. The van der Waals surface area contributed by atoms with Gasteiger partial charge in [-0.2, -0.15) is 0 Å². The predicted molar refractivity (Wildman–Crippen MR) is 89.1 cm³/mol. The van der Waals surface area contributed by atoms with E-state index in [2.05, 4.69) is 16.6 Å². The summed E-state index contributed by atoms with van der Waals surface area (Å²) in [5, 5.41) is 2.61. The molecule has 2 rings (SSSR count). The van der Waals surface area contributed by atoms with E-state index >= 15 is 0 Å². The van der Waals surface area contributed by atoms with Crippen molar-refractivity contribution in [2.24, 2.45) is 0 Å². The third-order valence-corrected chi connectivity index (χ3v) is 5.72. The number of anilines is 1. The number of carbonyl (C=O) groups is 1. The summed E-state index contributed by atoms with van der Waals surface area (Å²) >= 11 is 6.70. The minimum absolute atomic E-state index is 0.0822. The van der Waals surface area contributed by atoms with Gasteiger partial charge < -0.3 is 5.32 Å². The van der Waals surface area contributed by atoms with Crippen molar-refractivity contribution in [3.8, 4) is 0 Å². The normalized spacial score (nSPS) is 11.0. The Labute approximate surface area is 137 Å². The Morgan fingerprint density at radius 2 is 2.00 bits per heavy atom. The van der Waals surface area contributed by atoms with Crippen molar-refractivity contribution in [3.63, 3.8) is 0 Å². The standard InChI is InChI=1S/C14H13ClN2O3S2/c1-2-9-16-14(18)10-5-3-4-6-11(10)17-22(19,20)13-8-7-12(15)21-13/h2-8,17H,1,9H2,(H,16,18). The van der Waals surface area contributed by atoms with Gasteiger partial charge in [-0.15, -0.1) is 17.9 Å². The van der Waals surface area contributed by atoms with Gasteiger partial charge in [0, 0.05) is 6.54 Å². The SMILES string of the molecule is C=CCNC(=O)c1ccccc1NS(=O)(=O)c1ccc(Cl)s1. The van der Waals surface area contributed by atoms with Crippen molar-refractivity contribution in [2.75, 3.05) is 11.3 Å². The van der Waals surface area contributed by atoms with Gasteiger partial charge in [0.05, 0.1) is 15.6 Å². The molecule has 0 aliphatic heterocycles. The molecule has 0 saturated carbocycles. The maximum atomic E-state index is 12.3. The van der Waals surface area contributed by atoms with Crippen LogP contribution < -0.4 is 10.0 Å². The summed E-state index contributed by atoms with van der Waals surface area (Å²) in [5.74, 6) is -0.387. The topological polar surface area (TPSA) is 75.3 Å². The van der Waals surface area contributed by atoms with Crippen LogP contribution in [0.3, 0.4) is 0 Å². The zero-order chi connectivity index (χ0) is 16.2. The average molecular weight is 357 g/mol. The zero-order valence-electron chi connectivity index (χ0n) is 11.4. The van der Waals surface area contributed by atoms with E-state index in [1.54, 1.807) is 18.2 Å². The molecule has 0 bridgehead atoms. The summed E-state index contributed by atoms with van der Waals surface area (Å²) in [5.41, 5.74) is 0.434. The first-order valence-corrected chi connectivity index (χ1v) is 8.88. The van der Waals surface area contributed by atoms with Crippen molar-refractivity contribution in [1.29, 1.82) is 0 Å². The van der Waals surface area contributed by atoms with Crippen LogP contribution in [0.5, 0.6) is 0 Å². The molecule has 5 nitrogen and oxygen atoms in total. The molecule has 0 saturated heterocycles. The number of nitrogens with one attached hydrogen (secondary N) is 2. The number of hydrogen-bond donors (Lipinski definition) is 2. The number of hydrogen-bond acceptors (Lipinski definition) is 4. The highest BCUT2D eigenvalue weighted by molar-refractivity contribution is 7.94. The highest BCUT2D eigenvalue weighted by Crippen LogP contribution is 2.28. The van der Waals surface area contributed by atoms with E-state index in [0.29, 0.717) is 10.9 Å². The van der Waals surface area contributed by atoms with E-state index in [9.17, 15) is 13.2 Å². The Balaban J connectivity index is 2.30. The molecule has 0 aliphatic rings. The van der Waals surface area contributed by atoms with Crippen molar-refractivity contribution in [3.05, 3.63) is 59.0 Å². The molecule has 22 heavy (non-hydrogen) atoms. The molecule has 0 radical (unpaired) electrons. The fraction of sp³-hybridized carbons (Fsp3) is 0.0714. The number of para-hydroxylation sites is 1. The first-order chi connectivity index (χ1) is 10.4. The minimum atomic E-state index is -3.79. The summed E-state index contributed by atoms with van der Waals surface area (Å²) in [6.45, 7) is 3.80. The number of halogens is 1. The van der Waals surface area contributed by atoms with Crippen LogP contribution in [0.2, 0.25) is 4.34 Å². The average Bonchev–Trinajstić information content (AvgIpc) is 2.92. The lowest BCUT2D eigenvalue weighted by Gasteiger charge is -2.11. The Morgan fingerprint density at radius 1 is 1.27 bits per heavy atom. The van der Waals surface area contributed by atoms with Crippen molar-refractivity contribution >= 4 is 44.6 Å². The molecule has 8 heteroatoms. The maximum Gasteiger partial charge on any atom is 0.271 e. The van der Waals surface area contributed by atoms with E-state index in [1.807, 2.05) is 0 Å². The Bertz CT molecular complexity index is 800. The molecule has 1 heterocycles. The van der Waals surface area contributed by atoms with Crippen LogP contribution in [0.1, 0.15) is 10.4 Å². The summed E-state index contributed by atoms with van der Waals surface area (Å²) in [7, 11) is -3.79. The Kier molecular flexibility index (Phi) is 5.23. The minimum Gasteiger partial charge on any atom is -0.349 e. The fourth-order valence-corrected chi connectivity index (χ4v) is 4.23. The maximum absolute atomic E-state index is 12.3. The van der Waals surface area contributed by atoms with Gasteiger partial charge in [-0.3, -0.25) is 9.52 Å². The van der Waals surface area contributed by atoms with Crippen molar-refractivity contribution in [1.82, 2.24) is 5.32 Å². The highest BCUT2D eigenvalue weighted by atomic mass is 35.5. The zero-order valence-corrected chi connectivity index (χ0v) is 13.8. The second-order valence-electron chi connectivity index (χ2n) is 4.21. The lowest BCUT2D eigenvalue weighted by molar-refractivity contribution is 0.0959. The first kappa shape index (κ1) is 16.5. The molecule has 1 amide bonds. The number of carbonyl (C=O) groups excluding carboxylic acids is 1. The molecule has 0 atom stereocenters. The lowest BCUT2D eigenvalue weighted by Crippen LogP contribution is -2.25. The molecule has 0 spiro atoms. The molecule has 0 aliphatic carbocycles. The third-order valence-electron chi connectivity index (χ3n) is 2.64. The lowest BCUT2D eigenvalue weighted by atomic mass is 10.1. The molecule has 1 aromatic carbocycles. The molecule has 0 unspecified atom stereocenters. The Morgan fingerprint density at radius 3 is 2.64 bits per heavy atom. The van der Waals surface area contributed by atoms with E-state index in [0.717, 1.165) is 11.3 Å². The number of amides is 1. The first-order valence-electron chi connectivity index (χ1n) is 6.20. The molecular weight excluding hydrogens is 344 g/mol. The number of rotatable bonds is 6. The molecular formula is C14H13ClN2O3S2. The molecule has 0 fully saturated rings. The highest BCUT2D eigenvalue weighted by Gasteiger charge is 2.20. The van der Waals surface area contributed by atoms with Crippen molar-refractivity contribution in [2.45, 2.75) is 4.21 Å². The largest absolute Gasteiger partial charge is 0.349 e. The van der Waals surface area contributed by atoms with Crippen LogP contribution in [0.4, 0.5) is 5.69 Å². The van der Waals surface area contributed by atoms with Crippen LogP contribution in [0, 0.1) is 0 Å². The van der Waals surface area contributed by atoms with E-state index < -0.39 is 10.0 Å². The van der Waals surface area contributed by atoms with Crippen LogP contribution in [0.25, 0.3) is 0 Å². The smallest absolute Gasteiger partial charge is 0.271 e. The molecule has 1 aromatic heterocycles. The van der Waals surface area contributed by atoms with Gasteiger partial charge in [0.15, 0.2) is 0 Å². The number of sulfonamides is 1. The summed E-state index contributed by atoms with van der Waals surface area (Å²) in [4.78, 5) is 12.0. The van der Waals surface area contributed by atoms with Gasteiger partial charge in [-0.1, -0.05) is 29.8 Å². The predicted octanol–water partition coefficient (Wildman–Crippen LogP) is 3.12. The monoisotopic (exact) mass is 356 g/mol. The molecule has 116 valence electrons. The number of thiophene rings is 1. The molecule has 2 aromatic rings. The third kappa shape index (κ3) is 3.88. The summed E-state index contributed by atoms with van der Waals surface area (Å²) in [6.07, 6.45) is 1.54. The van der Waals surface area contributed by atoms with Gasteiger partial charge >= 0.3 is 0 Å². The van der Waals surface area contributed by atoms with Crippen LogP contribution in [-0.4, -0.2) is 20.9 Å². The van der Waals surface area contributed by atoms with Gasteiger partial charge in [-0.05, 0) is 24.3 Å². The second kappa shape index (κ2) is 6.95. The van der Waals surface area contributed by atoms with Crippen molar-refractivity contribution < 1.29 is 13.2 Å². The second-order valence-corrected chi connectivity index (χ2v) is 7.83. The van der Waals surface area contributed by atoms with Gasteiger partial charge in [0.2, 0.25) is 0 Å². The van der Waals surface area contributed by atoms with Crippen LogP contribution in [0.15, 0.2) is 53.3 Å². The van der Waals surface area contributed by atoms with Gasteiger partial charge in [0.25, 0.3) is 15.9 Å². The van der Waals surface area contributed by atoms with E-state index in [-0.39, 0.29) is 21.4 Å². The quantitative estimate of drug-likeness (QED) is 0.781. The summed E-state index contributed by atoms with van der Waals surface area (Å²) < 4.78 is 27.5. The van der Waals surface area contributed by atoms with Gasteiger partial charge in [-0.25, -0.2) is 8.42 Å². The van der Waals surface area contributed by atoms with E-state index in [1.165, 1.54) is 24.3 Å². The van der Waals surface area contributed by atoms with Crippen LogP contribution >= 0.6 is 22.9 Å². The van der Waals surface area contributed by atoms with E-state index in [4.69, 9.17) is 11.6 Å². The Hall–Kier alpha value is -1.83. The van der Waals surface area contributed by atoms with Gasteiger partial charge in [0.1, 0.15) is 4.21 Å².